The summed E-state index contributed by atoms with van der Waals surface area (Å²) in [5.74, 6) is 0. The lowest BCUT2D eigenvalue weighted by atomic mass is 9.88. The highest BCUT2D eigenvalue weighted by molar-refractivity contribution is 6.31. The summed E-state index contributed by atoms with van der Waals surface area (Å²) in [4.78, 5) is 3.31. The summed E-state index contributed by atoms with van der Waals surface area (Å²) < 4.78 is 0. The molecule has 1 fully saturated rings. The molecule has 1 aromatic heterocycles. The van der Waals surface area contributed by atoms with Gasteiger partial charge in [-0.15, -0.1) is 0 Å². The van der Waals surface area contributed by atoms with E-state index in [1.807, 2.05) is 12.1 Å². The molecule has 3 rings (SSSR count). The van der Waals surface area contributed by atoms with Gasteiger partial charge in [0.05, 0.1) is 0 Å². The van der Waals surface area contributed by atoms with E-state index in [9.17, 15) is 0 Å². The van der Waals surface area contributed by atoms with Crippen molar-refractivity contribution < 1.29 is 0 Å². The summed E-state index contributed by atoms with van der Waals surface area (Å²) in [6.45, 7) is 5.28. The monoisotopic (exact) mass is 248 g/mol. The molecule has 0 bridgehead atoms. The SMILES string of the molecule is CC1(C)CC1(CN)c1c[nH]c2cc(Cl)ccc12. The number of nitrogens with one attached hydrogen (secondary N) is 1. The van der Waals surface area contributed by atoms with E-state index < -0.39 is 0 Å². The Morgan fingerprint density at radius 3 is 2.71 bits per heavy atom. The van der Waals surface area contributed by atoms with Crippen LogP contribution in [0.1, 0.15) is 25.8 Å². The molecule has 0 amide bonds. The number of benzene rings is 1. The fourth-order valence-corrected chi connectivity index (χ4v) is 3.29. The first-order valence-corrected chi connectivity index (χ1v) is 6.35. The van der Waals surface area contributed by atoms with Crippen molar-refractivity contribution in [3.05, 3.63) is 35.0 Å². The Labute approximate surface area is 106 Å². The van der Waals surface area contributed by atoms with E-state index in [-0.39, 0.29) is 5.41 Å². The van der Waals surface area contributed by atoms with Crippen molar-refractivity contribution in [1.29, 1.82) is 0 Å². The van der Waals surface area contributed by atoms with Gasteiger partial charge in [-0.25, -0.2) is 0 Å². The molecule has 1 atom stereocenters. The van der Waals surface area contributed by atoms with E-state index in [4.69, 9.17) is 17.3 Å². The van der Waals surface area contributed by atoms with Crippen LogP contribution in [0, 0.1) is 5.41 Å². The molecule has 3 heteroatoms. The summed E-state index contributed by atoms with van der Waals surface area (Å²) in [6, 6.07) is 6.01. The Kier molecular flexibility index (Phi) is 2.14. The second kappa shape index (κ2) is 3.27. The summed E-state index contributed by atoms with van der Waals surface area (Å²) in [6.07, 6.45) is 3.26. The molecular formula is C14H17ClN2. The molecule has 1 saturated carbocycles. The second-order valence-electron chi connectivity index (χ2n) is 5.74. The van der Waals surface area contributed by atoms with Gasteiger partial charge in [0.1, 0.15) is 0 Å². The van der Waals surface area contributed by atoms with Gasteiger partial charge >= 0.3 is 0 Å². The number of aromatic amines is 1. The molecule has 1 aliphatic carbocycles. The zero-order valence-corrected chi connectivity index (χ0v) is 10.9. The van der Waals surface area contributed by atoms with Crippen molar-refractivity contribution in [1.82, 2.24) is 4.98 Å². The third kappa shape index (κ3) is 1.37. The molecule has 17 heavy (non-hydrogen) atoms. The van der Waals surface area contributed by atoms with Crippen LogP contribution in [-0.2, 0) is 5.41 Å². The maximum Gasteiger partial charge on any atom is 0.0471 e. The molecule has 1 aromatic carbocycles. The molecule has 2 aromatic rings. The van der Waals surface area contributed by atoms with E-state index in [0.717, 1.165) is 17.0 Å². The first kappa shape index (κ1) is 11.1. The summed E-state index contributed by atoms with van der Waals surface area (Å²) in [5.41, 5.74) is 8.90. The average Bonchev–Trinajstić information content (AvgIpc) is 2.67. The van der Waals surface area contributed by atoms with Crippen LogP contribution < -0.4 is 5.73 Å². The Balaban J connectivity index is 2.19. The van der Waals surface area contributed by atoms with Crippen molar-refractivity contribution in [2.24, 2.45) is 11.1 Å². The van der Waals surface area contributed by atoms with Gasteiger partial charge in [0.2, 0.25) is 0 Å². The molecular weight excluding hydrogens is 232 g/mol. The Bertz CT molecular complexity index is 585. The molecule has 90 valence electrons. The van der Waals surface area contributed by atoms with Crippen LogP contribution >= 0.6 is 11.6 Å². The molecule has 0 radical (unpaired) electrons. The number of nitrogens with two attached hydrogens (primary N) is 1. The largest absolute Gasteiger partial charge is 0.361 e. The van der Waals surface area contributed by atoms with Crippen molar-refractivity contribution >= 4 is 22.5 Å². The van der Waals surface area contributed by atoms with Crippen LogP contribution in [-0.4, -0.2) is 11.5 Å². The van der Waals surface area contributed by atoms with E-state index in [1.165, 1.54) is 10.9 Å². The fraction of sp³-hybridized carbons (Fsp3) is 0.429. The molecule has 1 unspecified atom stereocenters. The van der Waals surface area contributed by atoms with Gasteiger partial charge in [-0.3, -0.25) is 0 Å². The van der Waals surface area contributed by atoms with Gasteiger partial charge < -0.3 is 10.7 Å². The lowest BCUT2D eigenvalue weighted by molar-refractivity contribution is 0.505. The van der Waals surface area contributed by atoms with Crippen LogP contribution in [0.15, 0.2) is 24.4 Å². The minimum atomic E-state index is 0.138. The van der Waals surface area contributed by atoms with Crippen LogP contribution in [0.4, 0.5) is 0 Å². The number of hydrogen-bond donors (Lipinski definition) is 2. The third-order valence-electron chi connectivity index (χ3n) is 4.42. The average molecular weight is 249 g/mol. The Morgan fingerprint density at radius 2 is 2.12 bits per heavy atom. The highest BCUT2D eigenvalue weighted by Crippen LogP contribution is 2.64. The molecule has 1 heterocycles. The maximum absolute atomic E-state index is 6.02. The quantitative estimate of drug-likeness (QED) is 0.840. The Morgan fingerprint density at radius 1 is 1.41 bits per heavy atom. The van der Waals surface area contributed by atoms with Crippen LogP contribution in [0.5, 0.6) is 0 Å². The number of halogens is 1. The minimum absolute atomic E-state index is 0.138. The van der Waals surface area contributed by atoms with E-state index >= 15 is 0 Å². The first-order valence-electron chi connectivity index (χ1n) is 5.97. The maximum atomic E-state index is 6.02. The van der Waals surface area contributed by atoms with E-state index in [2.05, 4.69) is 31.1 Å². The van der Waals surface area contributed by atoms with Gasteiger partial charge in [0.15, 0.2) is 0 Å². The number of aromatic nitrogens is 1. The minimum Gasteiger partial charge on any atom is -0.361 e. The van der Waals surface area contributed by atoms with Crippen LogP contribution in [0.25, 0.3) is 10.9 Å². The van der Waals surface area contributed by atoms with Crippen LogP contribution in [0.2, 0.25) is 5.02 Å². The lowest BCUT2D eigenvalue weighted by Gasteiger charge is -2.17. The van der Waals surface area contributed by atoms with Crippen molar-refractivity contribution in [3.63, 3.8) is 0 Å². The predicted molar refractivity (Wildman–Crippen MR) is 72.4 cm³/mol. The first-order chi connectivity index (χ1) is 8.00. The van der Waals surface area contributed by atoms with Gasteiger partial charge in [-0.1, -0.05) is 31.5 Å². The standard InChI is InChI=1S/C14H17ClN2/c1-13(2)7-14(13,8-16)11-6-17-12-5-9(15)3-4-10(11)12/h3-6,17H,7-8,16H2,1-2H3. The number of H-pyrrole nitrogens is 1. The van der Waals surface area contributed by atoms with Gasteiger partial charge in [0, 0.05) is 34.1 Å². The number of rotatable bonds is 2. The lowest BCUT2D eigenvalue weighted by Crippen LogP contribution is -2.24. The van der Waals surface area contributed by atoms with Gasteiger partial charge in [-0.05, 0) is 29.5 Å². The Hall–Kier alpha value is -0.990. The predicted octanol–water partition coefficient (Wildman–Crippen LogP) is 3.45. The van der Waals surface area contributed by atoms with Gasteiger partial charge in [-0.2, -0.15) is 0 Å². The molecule has 3 N–H and O–H groups in total. The van der Waals surface area contributed by atoms with Crippen LogP contribution in [0.3, 0.4) is 0 Å². The zero-order chi connectivity index (χ0) is 12.3. The molecule has 0 spiro atoms. The molecule has 0 saturated heterocycles. The van der Waals surface area contributed by atoms with Crippen molar-refractivity contribution in [3.8, 4) is 0 Å². The summed E-state index contributed by atoms with van der Waals surface area (Å²) in [7, 11) is 0. The van der Waals surface area contributed by atoms with Crippen molar-refractivity contribution in [2.45, 2.75) is 25.7 Å². The fourth-order valence-electron chi connectivity index (χ4n) is 3.12. The third-order valence-corrected chi connectivity index (χ3v) is 4.66. The highest BCUT2D eigenvalue weighted by atomic mass is 35.5. The van der Waals surface area contributed by atoms with Gasteiger partial charge in [0.25, 0.3) is 0 Å². The van der Waals surface area contributed by atoms with Crippen molar-refractivity contribution in [2.75, 3.05) is 6.54 Å². The molecule has 0 aliphatic heterocycles. The smallest absolute Gasteiger partial charge is 0.0471 e. The molecule has 1 aliphatic rings. The molecule has 2 nitrogen and oxygen atoms in total. The highest BCUT2D eigenvalue weighted by Gasteiger charge is 2.61. The summed E-state index contributed by atoms with van der Waals surface area (Å²) in [5, 5.41) is 2.02. The number of fused-ring (bicyclic) bond motifs is 1. The second-order valence-corrected chi connectivity index (χ2v) is 6.18. The van der Waals surface area contributed by atoms with E-state index in [0.29, 0.717) is 12.0 Å². The normalized spacial score (nSPS) is 26.4. The summed E-state index contributed by atoms with van der Waals surface area (Å²) >= 11 is 6.00. The zero-order valence-electron chi connectivity index (χ0n) is 10.2. The number of hydrogen-bond acceptors (Lipinski definition) is 1. The van der Waals surface area contributed by atoms with E-state index in [1.54, 1.807) is 0 Å². The topological polar surface area (TPSA) is 41.8 Å².